The highest BCUT2D eigenvalue weighted by Gasteiger charge is 2.22. The number of imidazole rings is 1. The summed E-state index contributed by atoms with van der Waals surface area (Å²) >= 11 is 0. The summed E-state index contributed by atoms with van der Waals surface area (Å²) in [5.41, 5.74) is 7.89. The van der Waals surface area contributed by atoms with Crippen LogP contribution in [-0.4, -0.2) is 31.2 Å². The molecule has 0 amide bonds. The highest BCUT2D eigenvalue weighted by Crippen LogP contribution is 2.29. The number of rotatable bonds is 3. The predicted octanol–water partition coefficient (Wildman–Crippen LogP) is 2.17. The number of phenols is 1. The number of phenolic OH excluding ortho intramolecular Hbond substituents is 1. The lowest BCUT2D eigenvalue weighted by Gasteiger charge is -2.12. The molecule has 1 saturated heterocycles. The highest BCUT2D eigenvalue weighted by atomic mass is 16.5. The Morgan fingerprint density at radius 2 is 2.09 bits per heavy atom. The third-order valence-electron chi connectivity index (χ3n) is 3.78. The number of aromatic nitrogens is 4. The van der Waals surface area contributed by atoms with E-state index >= 15 is 0 Å². The predicted molar refractivity (Wildman–Crippen MR) is 85.3 cm³/mol. The van der Waals surface area contributed by atoms with Crippen LogP contribution >= 0.6 is 0 Å². The molecule has 8 heteroatoms. The van der Waals surface area contributed by atoms with Crippen molar-refractivity contribution in [2.24, 2.45) is 0 Å². The Hall–Kier alpha value is -2.87. The molecule has 0 spiro atoms. The van der Waals surface area contributed by atoms with E-state index in [1.54, 1.807) is 30.6 Å². The number of fused-ring (bicyclic) bond motifs is 1. The summed E-state index contributed by atoms with van der Waals surface area (Å²) in [6, 6.07) is 6.68. The fourth-order valence-corrected chi connectivity index (χ4v) is 2.69. The summed E-state index contributed by atoms with van der Waals surface area (Å²) in [6.45, 7) is 0.740. The molecule has 8 nitrogen and oxygen atoms in total. The molecule has 1 unspecified atom stereocenters. The Kier molecular flexibility index (Phi) is 3.23. The lowest BCUT2D eigenvalue weighted by atomic mass is 10.3. The van der Waals surface area contributed by atoms with Crippen LogP contribution in [0.1, 0.15) is 19.1 Å². The van der Waals surface area contributed by atoms with Crippen LogP contribution in [0.2, 0.25) is 0 Å². The van der Waals surface area contributed by atoms with Crippen LogP contribution in [0.4, 0.5) is 17.5 Å². The Bertz CT molecular complexity index is 839. The molecule has 3 heterocycles. The van der Waals surface area contributed by atoms with Crippen LogP contribution in [0.3, 0.4) is 0 Å². The van der Waals surface area contributed by atoms with Crippen molar-refractivity contribution in [2.45, 2.75) is 19.1 Å². The van der Waals surface area contributed by atoms with Crippen molar-refractivity contribution in [1.82, 2.24) is 19.5 Å². The maximum Gasteiger partial charge on any atom is 0.224 e. The first-order valence-corrected chi connectivity index (χ1v) is 7.38. The lowest BCUT2D eigenvalue weighted by Crippen LogP contribution is -2.08. The topological polar surface area (TPSA) is 111 Å². The van der Waals surface area contributed by atoms with Crippen LogP contribution in [0.15, 0.2) is 30.6 Å². The number of nitrogen functional groups attached to an aromatic ring is 1. The standard InChI is InChI=1S/C15H16N6O2/c16-15-19-13(18-9-3-5-10(22)6-4-9)12-14(20-15)21(8-17-12)11-2-1-7-23-11/h3-6,8,11,22H,1-2,7H2,(H3,16,18,19,20). The molecular formula is C15H16N6O2. The number of ether oxygens (including phenoxy) is 1. The van der Waals surface area contributed by atoms with Crippen molar-refractivity contribution in [3.63, 3.8) is 0 Å². The van der Waals surface area contributed by atoms with Crippen LogP contribution in [0.25, 0.3) is 11.2 Å². The number of aromatic hydroxyl groups is 1. The molecule has 1 fully saturated rings. The minimum absolute atomic E-state index is 0.0594. The van der Waals surface area contributed by atoms with Gasteiger partial charge in [-0.3, -0.25) is 4.57 Å². The smallest absolute Gasteiger partial charge is 0.224 e. The number of hydrogen-bond acceptors (Lipinski definition) is 7. The van der Waals surface area contributed by atoms with E-state index < -0.39 is 0 Å². The molecule has 23 heavy (non-hydrogen) atoms. The monoisotopic (exact) mass is 312 g/mol. The van der Waals surface area contributed by atoms with E-state index in [9.17, 15) is 5.11 Å². The van der Waals surface area contributed by atoms with E-state index in [-0.39, 0.29) is 17.9 Å². The maximum atomic E-state index is 9.36. The second kappa shape index (κ2) is 5.40. The van der Waals surface area contributed by atoms with Gasteiger partial charge in [-0.15, -0.1) is 0 Å². The van der Waals surface area contributed by atoms with Gasteiger partial charge in [-0.2, -0.15) is 9.97 Å². The van der Waals surface area contributed by atoms with Gasteiger partial charge >= 0.3 is 0 Å². The van der Waals surface area contributed by atoms with Crippen molar-refractivity contribution in [3.05, 3.63) is 30.6 Å². The number of nitrogens with one attached hydrogen (secondary N) is 1. The Morgan fingerprint density at radius 1 is 1.26 bits per heavy atom. The van der Waals surface area contributed by atoms with Gasteiger partial charge in [-0.25, -0.2) is 4.98 Å². The Balaban J connectivity index is 1.75. The summed E-state index contributed by atoms with van der Waals surface area (Å²) in [4.78, 5) is 12.9. The Labute approximate surface area is 131 Å². The van der Waals surface area contributed by atoms with Gasteiger partial charge < -0.3 is 20.9 Å². The number of nitrogens with two attached hydrogens (primary N) is 1. The van der Waals surface area contributed by atoms with Crippen LogP contribution < -0.4 is 11.1 Å². The molecule has 0 radical (unpaired) electrons. The second-order valence-corrected chi connectivity index (χ2v) is 5.39. The quantitative estimate of drug-likeness (QED) is 0.635. The van der Waals surface area contributed by atoms with E-state index in [1.165, 1.54) is 0 Å². The zero-order valence-corrected chi connectivity index (χ0v) is 12.3. The van der Waals surface area contributed by atoms with Crippen LogP contribution in [-0.2, 0) is 4.74 Å². The average molecular weight is 312 g/mol. The number of nitrogens with zero attached hydrogens (tertiary/aromatic N) is 4. The molecule has 1 aliphatic rings. The van der Waals surface area contributed by atoms with E-state index in [1.807, 2.05) is 4.57 Å². The molecule has 1 aromatic carbocycles. The molecule has 1 atom stereocenters. The molecular weight excluding hydrogens is 296 g/mol. The van der Waals surface area contributed by atoms with Gasteiger partial charge in [0.25, 0.3) is 0 Å². The van der Waals surface area contributed by atoms with Gasteiger partial charge in [-0.05, 0) is 37.1 Å². The largest absolute Gasteiger partial charge is 0.508 e. The minimum atomic E-state index is -0.0594. The lowest BCUT2D eigenvalue weighted by molar-refractivity contribution is 0.0593. The van der Waals surface area contributed by atoms with Crippen molar-refractivity contribution in [3.8, 4) is 5.75 Å². The van der Waals surface area contributed by atoms with E-state index in [2.05, 4.69) is 20.3 Å². The van der Waals surface area contributed by atoms with Gasteiger partial charge in [0.15, 0.2) is 17.0 Å². The number of hydrogen-bond donors (Lipinski definition) is 3. The zero-order chi connectivity index (χ0) is 15.8. The molecule has 2 aromatic heterocycles. The fraction of sp³-hybridized carbons (Fsp3) is 0.267. The van der Waals surface area contributed by atoms with Crippen molar-refractivity contribution in [1.29, 1.82) is 0 Å². The third kappa shape index (κ3) is 2.53. The second-order valence-electron chi connectivity index (χ2n) is 5.39. The van der Waals surface area contributed by atoms with E-state index in [4.69, 9.17) is 10.5 Å². The summed E-state index contributed by atoms with van der Waals surface area (Å²) in [5, 5.41) is 12.5. The summed E-state index contributed by atoms with van der Waals surface area (Å²) < 4.78 is 7.58. The molecule has 1 aliphatic heterocycles. The molecule has 118 valence electrons. The molecule has 4 N–H and O–H groups in total. The molecule has 0 saturated carbocycles. The SMILES string of the molecule is Nc1nc(Nc2ccc(O)cc2)c2ncn(C3CCCO3)c2n1. The zero-order valence-electron chi connectivity index (χ0n) is 12.3. The average Bonchev–Trinajstić information content (AvgIpc) is 3.18. The van der Waals surface area contributed by atoms with Gasteiger partial charge in [0.05, 0.1) is 6.33 Å². The molecule has 3 aromatic rings. The molecule has 0 aliphatic carbocycles. The molecule has 0 bridgehead atoms. The van der Waals surface area contributed by atoms with Crippen molar-refractivity contribution in [2.75, 3.05) is 17.7 Å². The van der Waals surface area contributed by atoms with Gasteiger partial charge in [0.2, 0.25) is 5.95 Å². The maximum absolute atomic E-state index is 9.36. The van der Waals surface area contributed by atoms with E-state index in [0.29, 0.717) is 17.0 Å². The third-order valence-corrected chi connectivity index (χ3v) is 3.78. The van der Waals surface area contributed by atoms with Gasteiger partial charge in [-0.1, -0.05) is 0 Å². The first kappa shape index (κ1) is 13.8. The summed E-state index contributed by atoms with van der Waals surface area (Å²) in [6.07, 6.45) is 3.59. The number of anilines is 3. The summed E-state index contributed by atoms with van der Waals surface area (Å²) in [7, 11) is 0. The van der Waals surface area contributed by atoms with Crippen LogP contribution in [0.5, 0.6) is 5.75 Å². The summed E-state index contributed by atoms with van der Waals surface area (Å²) in [5.74, 6) is 0.888. The van der Waals surface area contributed by atoms with Crippen molar-refractivity contribution >= 4 is 28.6 Å². The molecule has 4 rings (SSSR count). The first-order chi connectivity index (χ1) is 11.2. The number of benzene rings is 1. The van der Waals surface area contributed by atoms with Gasteiger partial charge in [0, 0.05) is 12.3 Å². The van der Waals surface area contributed by atoms with Crippen LogP contribution in [0, 0.1) is 0 Å². The van der Waals surface area contributed by atoms with E-state index in [0.717, 1.165) is 25.1 Å². The van der Waals surface area contributed by atoms with Gasteiger partial charge in [0.1, 0.15) is 12.0 Å². The first-order valence-electron chi connectivity index (χ1n) is 7.38. The fourth-order valence-electron chi connectivity index (χ4n) is 2.69. The van der Waals surface area contributed by atoms with Crippen molar-refractivity contribution < 1.29 is 9.84 Å². The minimum Gasteiger partial charge on any atom is -0.508 e. The normalized spacial score (nSPS) is 17.7. The highest BCUT2D eigenvalue weighted by molar-refractivity contribution is 5.86. The Morgan fingerprint density at radius 3 is 2.83 bits per heavy atom.